The van der Waals surface area contributed by atoms with Gasteiger partial charge in [-0.1, -0.05) is 48.5 Å². The van der Waals surface area contributed by atoms with E-state index in [1.807, 2.05) is 50.2 Å². The van der Waals surface area contributed by atoms with Crippen molar-refractivity contribution >= 4 is 22.7 Å². The van der Waals surface area contributed by atoms with Crippen molar-refractivity contribution in [3.05, 3.63) is 180 Å². The number of hydrogen-bond acceptors (Lipinski definition) is 4. The van der Waals surface area contributed by atoms with Crippen LogP contribution in [0.25, 0.3) is 33.4 Å². The van der Waals surface area contributed by atoms with E-state index >= 15 is 0 Å². The van der Waals surface area contributed by atoms with Crippen molar-refractivity contribution in [2.24, 2.45) is 0 Å². The van der Waals surface area contributed by atoms with E-state index in [4.69, 9.17) is 0 Å². The SMILES string of the molecule is Cc1ccc([N-]c2ccc(C(F)(F)F)cc2-n2cccn2)c(-n2cccn2)c1.Cc1ccc([N-]c2ccc(C(F)(F)F)cc2-n2cccn2)c(-n2cccn2)c1.[Ni+2]. The zero-order valence-corrected chi connectivity index (χ0v) is 30.9. The second-order valence-corrected chi connectivity index (χ2v) is 12.4. The number of halogens is 6. The Balaban J connectivity index is 0.000000189. The summed E-state index contributed by atoms with van der Waals surface area (Å²) in [5, 5.41) is 25.9. The quantitative estimate of drug-likeness (QED) is 0.113. The molecule has 292 valence electrons. The van der Waals surface area contributed by atoms with Crippen molar-refractivity contribution in [1.82, 2.24) is 39.1 Å². The fraction of sp³-hybridized carbons (Fsp3) is 0.100. The first-order valence-electron chi connectivity index (χ1n) is 16.9. The van der Waals surface area contributed by atoms with E-state index in [9.17, 15) is 26.3 Å². The van der Waals surface area contributed by atoms with Crippen molar-refractivity contribution in [1.29, 1.82) is 0 Å². The van der Waals surface area contributed by atoms with Gasteiger partial charge in [0.05, 0.1) is 33.9 Å². The molecule has 0 saturated heterocycles. The molecular weight excluding hydrogens is 793 g/mol. The molecule has 4 aromatic heterocycles. The summed E-state index contributed by atoms with van der Waals surface area (Å²) in [5.41, 5.74) is 4.38. The minimum Gasteiger partial charge on any atom is -0.654 e. The van der Waals surface area contributed by atoms with Crippen molar-refractivity contribution < 1.29 is 42.8 Å². The van der Waals surface area contributed by atoms with E-state index in [0.717, 1.165) is 46.8 Å². The standard InChI is InChI=1S/2C20H15F3N5.Ni/c2*1-14-4-6-16(18(12-14)27-10-2-8-24-27)26-17-7-5-15(20(21,22)23)13-19(17)28-11-3-9-25-28;/h2*2-13H,1H3;/q2*-1;+2. The normalized spacial score (nSPS) is 11.4. The number of rotatable bonds is 8. The molecule has 8 aromatic rings. The first-order chi connectivity index (χ1) is 26.8. The summed E-state index contributed by atoms with van der Waals surface area (Å²) in [6, 6.07) is 25.0. The number of hydrogen-bond donors (Lipinski definition) is 0. The summed E-state index contributed by atoms with van der Waals surface area (Å²) in [4.78, 5) is 0. The molecule has 0 unspecified atom stereocenters. The number of aromatic nitrogens is 8. The van der Waals surface area contributed by atoms with Crippen LogP contribution in [0.1, 0.15) is 22.3 Å². The predicted octanol–water partition coefficient (Wildman–Crippen LogP) is 11.4. The zero-order valence-electron chi connectivity index (χ0n) is 29.9. The van der Waals surface area contributed by atoms with Gasteiger partial charge in [-0.3, -0.25) is 0 Å². The third-order valence-electron chi connectivity index (χ3n) is 8.35. The summed E-state index contributed by atoms with van der Waals surface area (Å²) >= 11 is 0. The van der Waals surface area contributed by atoms with E-state index in [0.29, 0.717) is 22.7 Å². The molecule has 0 radical (unpaired) electrons. The monoisotopic (exact) mass is 822 g/mol. The average Bonchev–Trinajstić information content (AvgIpc) is 4.01. The zero-order chi connectivity index (χ0) is 39.5. The van der Waals surface area contributed by atoms with Crippen LogP contribution in [0.3, 0.4) is 0 Å². The second-order valence-electron chi connectivity index (χ2n) is 12.4. The Morgan fingerprint density at radius 1 is 0.421 bits per heavy atom. The van der Waals surface area contributed by atoms with Crippen molar-refractivity contribution in [3.8, 4) is 22.7 Å². The molecule has 0 aliphatic heterocycles. The van der Waals surface area contributed by atoms with Gasteiger partial charge in [0.25, 0.3) is 0 Å². The van der Waals surface area contributed by atoms with Crippen LogP contribution in [-0.2, 0) is 28.8 Å². The molecule has 17 heteroatoms. The molecule has 10 nitrogen and oxygen atoms in total. The molecule has 0 aliphatic rings. The van der Waals surface area contributed by atoms with E-state index in [2.05, 4.69) is 31.0 Å². The van der Waals surface area contributed by atoms with Gasteiger partial charge in [0, 0.05) is 49.6 Å². The van der Waals surface area contributed by atoms with Crippen LogP contribution in [0.2, 0.25) is 0 Å². The topological polar surface area (TPSA) is 99.5 Å². The van der Waals surface area contributed by atoms with E-state index in [1.54, 1.807) is 70.8 Å². The van der Waals surface area contributed by atoms with E-state index in [1.165, 1.54) is 33.9 Å². The fourth-order valence-electron chi connectivity index (χ4n) is 5.68. The van der Waals surface area contributed by atoms with Crippen LogP contribution < -0.4 is 0 Å². The fourth-order valence-corrected chi connectivity index (χ4v) is 5.68. The van der Waals surface area contributed by atoms with Crippen LogP contribution in [0.15, 0.2) is 147 Å². The molecule has 57 heavy (non-hydrogen) atoms. The molecule has 0 atom stereocenters. The van der Waals surface area contributed by atoms with Crippen LogP contribution in [0.4, 0.5) is 49.1 Å². The maximum absolute atomic E-state index is 13.2. The van der Waals surface area contributed by atoms with Gasteiger partial charge >= 0.3 is 28.8 Å². The molecule has 0 aliphatic carbocycles. The molecular formula is C40H30F6N10Ni. The average molecular weight is 823 g/mol. The van der Waals surface area contributed by atoms with E-state index in [-0.39, 0.29) is 27.9 Å². The molecule has 4 aromatic carbocycles. The van der Waals surface area contributed by atoms with Crippen molar-refractivity contribution in [2.75, 3.05) is 0 Å². The number of aryl methyl sites for hydroxylation is 2. The number of benzene rings is 4. The summed E-state index contributed by atoms with van der Waals surface area (Å²) in [6.07, 6.45) is 4.14. The minimum absolute atomic E-state index is 0. The molecule has 0 spiro atoms. The molecule has 0 fully saturated rings. The number of alkyl halides is 6. The summed E-state index contributed by atoms with van der Waals surface area (Å²) < 4.78 is 85.2. The van der Waals surface area contributed by atoms with Gasteiger partial charge in [0.1, 0.15) is 0 Å². The van der Waals surface area contributed by atoms with Gasteiger partial charge in [-0.2, -0.15) is 46.7 Å². The molecule has 0 bridgehead atoms. The molecule has 4 heterocycles. The molecule has 0 saturated carbocycles. The first-order valence-corrected chi connectivity index (χ1v) is 16.9. The summed E-state index contributed by atoms with van der Waals surface area (Å²) in [6.45, 7) is 3.90. The Bertz CT molecular complexity index is 2350. The second kappa shape index (κ2) is 16.6. The Labute approximate surface area is 332 Å². The third kappa shape index (κ3) is 9.27. The molecule has 0 N–H and O–H groups in total. The van der Waals surface area contributed by atoms with Crippen LogP contribution in [0, 0.1) is 13.8 Å². The maximum atomic E-state index is 13.2. The Morgan fingerprint density at radius 2 is 0.702 bits per heavy atom. The van der Waals surface area contributed by atoms with Crippen LogP contribution in [0.5, 0.6) is 0 Å². The predicted molar refractivity (Wildman–Crippen MR) is 199 cm³/mol. The van der Waals surface area contributed by atoms with Gasteiger partial charge in [-0.25, -0.2) is 18.7 Å². The number of nitrogens with zero attached hydrogens (tertiary/aromatic N) is 10. The van der Waals surface area contributed by atoms with Crippen LogP contribution in [-0.4, -0.2) is 39.1 Å². The largest absolute Gasteiger partial charge is 2.00 e. The van der Waals surface area contributed by atoms with E-state index < -0.39 is 23.5 Å². The van der Waals surface area contributed by atoms with Gasteiger partial charge in [0.2, 0.25) is 0 Å². The third-order valence-corrected chi connectivity index (χ3v) is 8.35. The Morgan fingerprint density at radius 3 is 0.965 bits per heavy atom. The maximum Gasteiger partial charge on any atom is 2.00 e. The van der Waals surface area contributed by atoms with Gasteiger partial charge < -0.3 is 10.6 Å². The first kappa shape index (κ1) is 40.1. The minimum atomic E-state index is -4.45. The Hall–Kier alpha value is -6.61. The molecule has 0 amide bonds. The van der Waals surface area contributed by atoms with Gasteiger partial charge in [-0.15, -0.1) is 22.7 Å². The van der Waals surface area contributed by atoms with Crippen molar-refractivity contribution in [2.45, 2.75) is 26.2 Å². The van der Waals surface area contributed by atoms with Gasteiger partial charge in [0.15, 0.2) is 0 Å². The summed E-state index contributed by atoms with van der Waals surface area (Å²) in [5.74, 6) is 0. The van der Waals surface area contributed by atoms with Gasteiger partial charge in [-0.05, 0) is 73.5 Å². The Kier molecular flexibility index (Phi) is 11.7. The molecule has 8 rings (SSSR count). The summed E-state index contributed by atoms with van der Waals surface area (Å²) in [7, 11) is 0. The smallest absolute Gasteiger partial charge is 0.654 e. The van der Waals surface area contributed by atoms with Crippen molar-refractivity contribution in [3.63, 3.8) is 0 Å². The van der Waals surface area contributed by atoms with Crippen LogP contribution >= 0.6 is 0 Å².